The predicted octanol–water partition coefficient (Wildman–Crippen LogP) is 1.35. The van der Waals surface area contributed by atoms with Gasteiger partial charge in [-0.25, -0.2) is 0 Å². The number of carbonyl (C=O) groups is 1. The zero-order chi connectivity index (χ0) is 13.2. The molecule has 4 nitrogen and oxygen atoms in total. The lowest BCUT2D eigenvalue weighted by Gasteiger charge is -2.07. The molecule has 0 aromatic heterocycles. The van der Waals surface area contributed by atoms with Gasteiger partial charge in [-0.05, 0) is 30.7 Å². The third kappa shape index (κ3) is 5.68. The fraction of sp³-hybridized carbons (Fsp3) is 0.500. The van der Waals surface area contributed by atoms with Gasteiger partial charge in [0.1, 0.15) is 5.75 Å². The molecule has 1 aromatic rings. The van der Waals surface area contributed by atoms with Crippen molar-refractivity contribution in [1.29, 1.82) is 0 Å². The summed E-state index contributed by atoms with van der Waals surface area (Å²) in [6.07, 6.45) is 1.50. The van der Waals surface area contributed by atoms with Gasteiger partial charge in [0.2, 0.25) is 5.91 Å². The van der Waals surface area contributed by atoms with Crippen LogP contribution in [0.1, 0.15) is 18.9 Å². The fourth-order valence-electron chi connectivity index (χ4n) is 1.62. The monoisotopic (exact) mass is 250 g/mol. The number of benzene rings is 1. The van der Waals surface area contributed by atoms with E-state index in [9.17, 15) is 4.79 Å². The molecule has 0 spiro atoms. The molecule has 18 heavy (non-hydrogen) atoms. The Kier molecular flexibility index (Phi) is 6.87. The normalized spacial score (nSPS) is 10.1. The van der Waals surface area contributed by atoms with Crippen LogP contribution in [0.15, 0.2) is 24.3 Å². The molecular weight excluding hydrogens is 228 g/mol. The largest absolute Gasteiger partial charge is 0.497 e. The molecule has 0 saturated carbocycles. The van der Waals surface area contributed by atoms with Crippen LogP contribution in [0.3, 0.4) is 0 Å². The minimum Gasteiger partial charge on any atom is -0.497 e. The van der Waals surface area contributed by atoms with Gasteiger partial charge in [0.25, 0.3) is 0 Å². The van der Waals surface area contributed by atoms with E-state index in [2.05, 4.69) is 17.6 Å². The van der Waals surface area contributed by atoms with Crippen LogP contribution < -0.4 is 15.4 Å². The van der Waals surface area contributed by atoms with Gasteiger partial charge in [0.05, 0.1) is 13.5 Å². The van der Waals surface area contributed by atoms with Crippen molar-refractivity contribution in [3.8, 4) is 5.75 Å². The first-order valence-electron chi connectivity index (χ1n) is 6.36. The molecular formula is C14H22N2O2. The standard InChI is InChI=1S/C14H22N2O2/c1-3-7-15-8-9-16-14(17)11-12-5-4-6-13(10-12)18-2/h4-6,10,15H,3,7-9,11H2,1-2H3,(H,16,17). The van der Waals surface area contributed by atoms with E-state index >= 15 is 0 Å². The second-order valence-corrected chi connectivity index (χ2v) is 4.13. The molecule has 0 bridgehead atoms. The van der Waals surface area contributed by atoms with Crippen molar-refractivity contribution in [1.82, 2.24) is 10.6 Å². The summed E-state index contributed by atoms with van der Waals surface area (Å²) in [4.78, 5) is 11.7. The number of hydrogen-bond donors (Lipinski definition) is 2. The van der Waals surface area contributed by atoms with E-state index in [1.54, 1.807) is 7.11 Å². The molecule has 1 aromatic carbocycles. The molecule has 2 N–H and O–H groups in total. The topological polar surface area (TPSA) is 50.4 Å². The molecule has 0 atom stereocenters. The third-order valence-electron chi connectivity index (χ3n) is 2.55. The average Bonchev–Trinajstić information content (AvgIpc) is 2.38. The third-order valence-corrected chi connectivity index (χ3v) is 2.55. The summed E-state index contributed by atoms with van der Waals surface area (Å²) in [5.41, 5.74) is 0.966. The van der Waals surface area contributed by atoms with Crippen molar-refractivity contribution in [2.45, 2.75) is 19.8 Å². The minimum absolute atomic E-state index is 0.0431. The van der Waals surface area contributed by atoms with Crippen LogP contribution >= 0.6 is 0 Å². The summed E-state index contributed by atoms with van der Waals surface area (Å²) in [5, 5.41) is 6.12. The van der Waals surface area contributed by atoms with E-state index in [1.807, 2.05) is 24.3 Å². The van der Waals surface area contributed by atoms with Gasteiger partial charge < -0.3 is 15.4 Å². The first kappa shape index (κ1) is 14.5. The molecule has 0 radical (unpaired) electrons. The highest BCUT2D eigenvalue weighted by Crippen LogP contribution is 2.12. The highest BCUT2D eigenvalue weighted by molar-refractivity contribution is 5.78. The summed E-state index contributed by atoms with van der Waals surface area (Å²) in [7, 11) is 1.62. The lowest BCUT2D eigenvalue weighted by Crippen LogP contribution is -2.32. The minimum atomic E-state index is 0.0431. The van der Waals surface area contributed by atoms with Crippen LogP contribution in [0.25, 0.3) is 0 Å². The molecule has 4 heteroatoms. The SMILES string of the molecule is CCCNCCNC(=O)Cc1cccc(OC)c1. The quantitative estimate of drug-likeness (QED) is 0.685. The maximum atomic E-state index is 11.7. The molecule has 0 aliphatic carbocycles. The van der Waals surface area contributed by atoms with Crippen LogP contribution in [0, 0.1) is 0 Å². The van der Waals surface area contributed by atoms with Crippen LogP contribution in [0.2, 0.25) is 0 Å². The smallest absolute Gasteiger partial charge is 0.224 e. The van der Waals surface area contributed by atoms with Gasteiger partial charge in [-0.15, -0.1) is 0 Å². The van der Waals surface area contributed by atoms with Crippen LogP contribution in [-0.4, -0.2) is 32.7 Å². The summed E-state index contributed by atoms with van der Waals surface area (Å²) in [5.74, 6) is 0.825. The zero-order valence-electron chi connectivity index (χ0n) is 11.2. The molecule has 100 valence electrons. The Morgan fingerprint density at radius 3 is 2.83 bits per heavy atom. The van der Waals surface area contributed by atoms with E-state index in [-0.39, 0.29) is 5.91 Å². The van der Waals surface area contributed by atoms with Gasteiger partial charge in [-0.2, -0.15) is 0 Å². The molecule has 1 rings (SSSR count). The molecule has 1 amide bonds. The van der Waals surface area contributed by atoms with Crippen LogP contribution in [0.5, 0.6) is 5.75 Å². The van der Waals surface area contributed by atoms with E-state index in [0.717, 1.165) is 30.8 Å². The maximum Gasteiger partial charge on any atom is 0.224 e. The van der Waals surface area contributed by atoms with Gasteiger partial charge in [0.15, 0.2) is 0 Å². The maximum absolute atomic E-state index is 11.7. The van der Waals surface area contributed by atoms with Crippen LogP contribution in [0.4, 0.5) is 0 Å². The lowest BCUT2D eigenvalue weighted by atomic mass is 10.1. The number of carbonyl (C=O) groups excluding carboxylic acids is 1. The summed E-state index contributed by atoms with van der Waals surface area (Å²) < 4.78 is 5.12. The van der Waals surface area contributed by atoms with Crippen molar-refractivity contribution in [3.63, 3.8) is 0 Å². The molecule has 0 aliphatic rings. The van der Waals surface area contributed by atoms with Crippen molar-refractivity contribution in [3.05, 3.63) is 29.8 Å². The number of hydrogen-bond acceptors (Lipinski definition) is 3. The second-order valence-electron chi connectivity index (χ2n) is 4.13. The molecule has 0 unspecified atom stereocenters. The van der Waals surface area contributed by atoms with Crippen molar-refractivity contribution < 1.29 is 9.53 Å². The Morgan fingerprint density at radius 2 is 2.11 bits per heavy atom. The van der Waals surface area contributed by atoms with Crippen molar-refractivity contribution >= 4 is 5.91 Å². The first-order chi connectivity index (χ1) is 8.76. The Bertz CT molecular complexity index is 367. The Hall–Kier alpha value is -1.55. The summed E-state index contributed by atoms with van der Waals surface area (Å²) >= 11 is 0. The number of nitrogens with one attached hydrogen (secondary N) is 2. The Balaban J connectivity index is 2.26. The predicted molar refractivity (Wildman–Crippen MR) is 72.9 cm³/mol. The van der Waals surface area contributed by atoms with E-state index in [0.29, 0.717) is 13.0 Å². The highest BCUT2D eigenvalue weighted by Gasteiger charge is 2.03. The molecule has 0 aliphatic heterocycles. The van der Waals surface area contributed by atoms with Crippen molar-refractivity contribution in [2.24, 2.45) is 0 Å². The van der Waals surface area contributed by atoms with E-state index < -0.39 is 0 Å². The number of rotatable bonds is 8. The second kappa shape index (κ2) is 8.53. The van der Waals surface area contributed by atoms with Crippen LogP contribution in [-0.2, 0) is 11.2 Å². The lowest BCUT2D eigenvalue weighted by molar-refractivity contribution is -0.120. The molecule has 0 fully saturated rings. The fourth-order valence-corrected chi connectivity index (χ4v) is 1.62. The summed E-state index contributed by atoms with van der Waals surface area (Å²) in [6, 6.07) is 7.58. The van der Waals surface area contributed by atoms with Gasteiger partial charge in [-0.3, -0.25) is 4.79 Å². The highest BCUT2D eigenvalue weighted by atomic mass is 16.5. The number of ether oxygens (including phenoxy) is 1. The van der Waals surface area contributed by atoms with Crippen molar-refractivity contribution in [2.75, 3.05) is 26.7 Å². The number of methoxy groups -OCH3 is 1. The summed E-state index contributed by atoms with van der Waals surface area (Å²) in [6.45, 7) is 4.60. The first-order valence-corrected chi connectivity index (χ1v) is 6.36. The average molecular weight is 250 g/mol. The Labute approximate surface area is 109 Å². The van der Waals surface area contributed by atoms with Gasteiger partial charge in [0, 0.05) is 13.1 Å². The van der Waals surface area contributed by atoms with Gasteiger partial charge >= 0.3 is 0 Å². The number of amides is 1. The Morgan fingerprint density at radius 1 is 1.28 bits per heavy atom. The van der Waals surface area contributed by atoms with E-state index in [4.69, 9.17) is 4.74 Å². The molecule has 0 saturated heterocycles. The van der Waals surface area contributed by atoms with E-state index in [1.165, 1.54) is 0 Å². The van der Waals surface area contributed by atoms with Gasteiger partial charge in [-0.1, -0.05) is 19.1 Å². The molecule has 0 heterocycles. The zero-order valence-corrected chi connectivity index (χ0v) is 11.2.